The maximum Gasteiger partial charge on any atom is 0.226 e. The molecule has 0 saturated carbocycles. The van der Waals surface area contributed by atoms with Crippen molar-refractivity contribution >= 4 is 11.6 Å². The molecular formula is C15H17N3O2. The Morgan fingerprint density at radius 2 is 2.35 bits per heavy atom. The highest BCUT2D eigenvalue weighted by molar-refractivity contribution is 5.90. The minimum absolute atomic E-state index is 0.0192. The third-order valence-electron chi connectivity index (χ3n) is 3.42. The van der Waals surface area contributed by atoms with Crippen molar-refractivity contribution in [1.29, 1.82) is 0 Å². The minimum atomic E-state index is 0.0192. The van der Waals surface area contributed by atoms with Crippen LogP contribution in [0.15, 0.2) is 36.9 Å². The van der Waals surface area contributed by atoms with Gasteiger partial charge in [-0.25, -0.2) is 4.98 Å². The quantitative estimate of drug-likeness (QED) is 0.925. The minimum Gasteiger partial charge on any atom is -0.376 e. The molecule has 20 heavy (non-hydrogen) atoms. The predicted octanol–water partition coefficient (Wildman–Crippen LogP) is 1.98. The number of nitrogens with zero attached hydrogens (tertiary/aromatic N) is 2. The molecule has 3 rings (SSSR count). The zero-order valence-corrected chi connectivity index (χ0v) is 11.2. The summed E-state index contributed by atoms with van der Waals surface area (Å²) in [5.41, 5.74) is 3.35. The molecule has 0 radical (unpaired) electrons. The molecule has 1 aliphatic heterocycles. The molecule has 2 aromatic rings. The summed E-state index contributed by atoms with van der Waals surface area (Å²) in [7, 11) is 0. The largest absolute Gasteiger partial charge is 0.376 e. The second-order valence-electron chi connectivity index (χ2n) is 4.88. The van der Waals surface area contributed by atoms with Gasteiger partial charge >= 0.3 is 0 Å². The van der Waals surface area contributed by atoms with Gasteiger partial charge in [0.05, 0.1) is 19.5 Å². The van der Waals surface area contributed by atoms with Gasteiger partial charge in [0.1, 0.15) is 0 Å². The van der Waals surface area contributed by atoms with Crippen LogP contribution in [0.5, 0.6) is 0 Å². The van der Waals surface area contributed by atoms with Crippen LogP contribution in [0.3, 0.4) is 0 Å². The highest BCUT2D eigenvalue weighted by atomic mass is 16.5. The lowest BCUT2D eigenvalue weighted by atomic mass is 10.0. The first-order chi connectivity index (χ1) is 9.81. The first-order valence-corrected chi connectivity index (χ1v) is 6.76. The standard InChI is InChI=1S/C15H17N3O2/c19-15(3-6-18-7-5-16-11-18)17-14-2-1-13-10-20-8-4-12(13)9-14/h1-2,5,7,9,11H,3-4,6,8,10H2,(H,17,19). The average molecular weight is 271 g/mol. The number of carbonyl (C=O) groups is 1. The third kappa shape index (κ3) is 3.05. The Hall–Kier alpha value is -2.14. The van der Waals surface area contributed by atoms with E-state index < -0.39 is 0 Å². The summed E-state index contributed by atoms with van der Waals surface area (Å²) in [5.74, 6) is 0.0192. The van der Waals surface area contributed by atoms with Gasteiger partial charge in [-0.3, -0.25) is 4.79 Å². The number of fused-ring (bicyclic) bond motifs is 1. The third-order valence-corrected chi connectivity index (χ3v) is 3.42. The second-order valence-corrected chi connectivity index (χ2v) is 4.88. The highest BCUT2D eigenvalue weighted by Gasteiger charge is 2.10. The molecule has 0 aliphatic carbocycles. The molecule has 2 heterocycles. The monoisotopic (exact) mass is 271 g/mol. The molecular weight excluding hydrogens is 254 g/mol. The molecule has 0 saturated heterocycles. The predicted molar refractivity (Wildman–Crippen MR) is 75.3 cm³/mol. The molecule has 1 amide bonds. The Balaban J connectivity index is 1.58. The molecule has 0 spiro atoms. The van der Waals surface area contributed by atoms with Crippen molar-refractivity contribution in [1.82, 2.24) is 9.55 Å². The Morgan fingerprint density at radius 1 is 1.40 bits per heavy atom. The zero-order chi connectivity index (χ0) is 13.8. The van der Waals surface area contributed by atoms with E-state index in [1.165, 1.54) is 11.1 Å². The number of benzene rings is 1. The second kappa shape index (κ2) is 5.88. The van der Waals surface area contributed by atoms with Gasteiger partial charge in [-0.1, -0.05) is 6.07 Å². The fourth-order valence-corrected chi connectivity index (χ4v) is 2.31. The van der Waals surface area contributed by atoms with Crippen LogP contribution in [0, 0.1) is 0 Å². The maximum atomic E-state index is 11.9. The fourth-order valence-electron chi connectivity index (χ4n) is 2.31. The zero-order valence-electron chi connectivity index (χ0n) is 11.2. The van der Waals surface area contributed by atoms with Crippen LogP contribution < -0.4 is 5.32 Å². The van der Waals surface area contributed by atoms with Gasteiger partial charge in [0, 0.05) is 31.0 Å². The summed E-state index contributed by atoms with van der Waals surface area (Å²) in [4.78, 5) is 15.9. The Labute approximate surface area is 117 Å². The Kier molecular flexibility index (Phi) is 3.78. The number of anilines is 1. The molecule has 1 aliphatic rings. The van der Waals surface area contributed by atoms with E-state index in [2.05, 4.69) is 10.3 Å². The summed E-state index contributed by atoms with van der Waals surface area (Å²) in [6.45, 7) is 2.07. The van der Waals surface area contributed by atoms with Crippen molar-refractivity contribution < 1.29 is 9.53 Å². The molecule has 0 bridgehead atoms. The number of amides is 1. The van der Waals surface area contributed by atoms with Gasteiger partial charge in [0.2, 0.25) is 5.91 Å². The summed E-state index contributed by atoms with van der Waals surface area (Å²) in [6.07, 6.45) is 6.63. The van der Waals surface area contributed by atoms with Crippen LogP contribution in [0.25, 0.3) is 0 Å². The summed E-state index contributed by atoms with van der Waals surface area (Å²) >= 11 is 0. The van der Waals surface area contributed by atoms with Crippen molar-refractivity contribution in [3.8, 4) is 0 Å². The van der Waals surface area contributed by atoms with Crippen LogP contribution in [0.2, 0.25) is 0 Å². The van der Waals surface area contributed by atoms with Crippen LogP contribution in [0.4, 0.5) is 5.69 Å². The number of ether oxygens (including phenoxy) is 1. The van der Waals surface area contributed by atoms with E-state index in [1.807, 2.05) is 29.0 Å². The molecule has 1 N–H and O–H groups in total. The number of aryl methyl sites for hydroxylation is 1. The van der Waals surface area contributed by atoms with Crippen molar-refractivity contribution in [2.24, 2.45) is 0 Å². The number of aromatic nitrogens is 2. The van der Waals surface area contributed by atoms with E-state index >= 15 is 0 Å². The van der Waals surface area contributed by atoms with E-state index in [-0.39, 0.29) is 5.91 Å². The molecule has 5 heteroatoms. The van der Waals surface area contributed by atoms with E-state index in [9.17, 15) is 4.79 Å². The lowest BCUT2D eigenvalue weighted by molar-refractivity contribution is -0.116. The van der Waals surface area contributed by atoms with Gasteiger partial charge in [-0.05, 0) is 29.7 Å². The van der Waals surface area contributed by atoms with Crippen LogP contribution in [-0.4, -0.2) is 22.1 Å². The number of rotatable bonds is 4. The lowest BCUT2D eigenvalue weighted by Crippen LogP contribution is -2.15. The molecule has 104 valence electrons. The molecule has 0 fully saturated rings. The average Bonchev–Trinajstić information content (AvgIpc) is 2.98. The van der Waals surface area contributed by atoms with E-state index in [0.29, 0.717) is 19.6 Å². The summed E-state index contributed by atoms with van der Waals surface area (Å²) < 4.78 is 7.29. The van der Waals surface area contributed by atoms with Crippen LogP contribution in [-0.2, 0) is 29.1 Å². The van der Waals surface area contributed by atoms with Gasteiger partial charge in [0.25, 0.3) is 0 Å². The first-order valence-electron chi connectivity index (χ1n) is 6.76. The maximum absolute atomic E-state index is 11.9. The Bertz CT molecular complexity index is 593. The number of hydrogen-bond acceptors (Lipinski definition) is 3. The smallest absolute Gasteiger partial charge is 0.226 e. The number of hydrogen-bond donors (Lipinski definition) is 1. The van der Waals surface area contributed by atoms with Gasteiger partial charge in [-0.2, -0.15) is 0 Å². The number of carbonyl (C=O) groups excluding carboxylic acids is 1. The van der Waals surface area contributed by atoms with E-state index in [4.69, 9.17) is 4.74 Å². The van der Waals surface area contributed by atoms with Crippen molar-refractivity contribution in [3.05, 3.63) is 48.0 Å². The summed E-state index contributed by atoms with van der Waals surface area (Å²) in [6, 6.07) is 6.01. The number of nitrogens with one attached hydrogen (secondary N) is 1. The SMILES string of the molecule is O=C(CCn1ccnc1)Nc1ccc2c(c1)CCOC2. The first kappa shape index (κ1) is 12.9. The molecule has 1 aromatic carbocycles. The topological polar surface area (TPSA) is 56.2 Å². The van der Waals surface area contributed by atoms with Gasteiger partial charge < -0.3 is 14.6 Å². The van der Waals surface area contributed by atoms with Gasteiger partial charge in [0.15, 0.2) is 0 Å². The van der Waals surface area contributed by atoms with Crippen LogP contribution >= 0.6 is 0 Å². The van der Waals surface area contributed by atoms with Crippen LogP contribution in [0.1, 0.15) is 17.5 Å². The molecule has 0 unspecified atom stereocenters. The fraction of sp³-hybridized carbons (Fsp3) is 0.333. The lowest BCUT2D eigenvalue weighted by Gasteiger charge is -2.17. The Morgan fingerprint density at radius 3 is 3.20 bits per heavy atom. The van der Waals surface area contributed by atoms with Crippen molar-refractivity contribution in [3.63, 3.8) is 0 Å². The highest BCUT2D eigenvalue weighted by Crippen LogP contribution is 2.21. The van der Waals surface area contributed by atoms with Crippen molar-refractivity contribution in [2.75, 3.05) is 11.9 Å². The molecule has 1 aromatic heterocycles. The summed E-state index contributed by atoms with van der Waals surface area (Å²) in [5, 5.41) is 2.94. The molecule has 0 atom stereocenters. The van der Waals surface area contributed by atoms with Crippen molar-refractivity contribution in [2.45, 2.75) is 26.0 Å². The normalized spacial score (nSPS) is 13.8. The van der Waals surface area contributed by atoms with E-state index in [0.717, 1.165) is 18.7 Å². The van der Waals surface area contributed by atoms with E-state index in [1.54, 1.807) is 12.5 Å². The molecule has 5 nitrogen and oxygen atoms in total. The number of imidazole rings is 1. The van der Waals surface area contributed by atoms with Gasteiger partial charge in [-0.15, -0.1) is 0 Å².